The van der Waals surface area contributed by atoms with Crippen LogP contribution < -0.4 is 0 Å². The van der Waals surface area contributed by atoms with Gasteiger partial charge in [-0.2, -0.15) is 10.5 Å². The van der Waals surface area contributed by atoms with E-state index in [0.717, 1.165) is 16.2 Å². The predicted octanol–water partition coefficient (Wildman–Crippen LogP) is 4.45. The van der Waals surface area contributed by atoms with Gasteiger partial charge in [-0.15, -0.1) is 11.8 Å². The number of carbonyl (C=O) groups is 2. The van der Waals surface area contributed by atoms with Gasteiger partial charge in [0.15, 0.2) is 6.61 Å². The Morgan fingerprint density at radius 1 is 0.967 bits per heavy atom. The average Bonchev–Trinajstić information content (AvgIpc) is 2.77. The maximum absolute atomic E-state index is 12.2. The SMILES string of the molecule is N#CCCN(CCC#N)C(=O)COC(=O)c1ccc(CSc2ccc(Cl)cc2)cc1. The molecule has 1 amide bonds. The quantitative estimate of drug-likeness (QED) is 0.399. The second kappa shape index (κ2) is 12.5. The average molecular weight is 442 g/mol. The first kappa shape index (κ1) is 23.3. The molecule has 2 aromatic rings. The molecule has 154 valence electrons. The summed E-state index contributed by atoms with van der Waals surface area (Å²) in [7, 11) is 0. The molecule has 30 heavy (non-hydrogen) atoms. The van der Waals surface area contributed by atoms with E-state index >= 15 is 0 Å². The van der Waals surface area contributed by atoms with E-state index in [2.05, 4.69) is 0 Å². The molecule has 0 aromatic heterocycles. The minimum atomic E-state index is -0.597. The van der Waals surface area contributed by atoms with Crippen molar-refractivity contribution in [2.75, 3.05) is 19.7 Å². The van der Waals surface area contributed by atoms with Crippen LogP contribution in [0.3, 0.4) is 0 Å². The summed E-state index contributed by atoms with van der Waals surface area (Å²) < 4.78 is 5.10. The van der Waals surface area contributed by atoms with Crippen molar-refractivity contribution in [3.05, 3.63) is 64.7 Å². The number of benzene rings is 2. The highest BCUT2D eigenvalue weighted by Gasteiger charge is 2.16. The van der Waals surface area contributed by atoms with Crippen LogP contribution in [0.25, 0.3) is 0 Å². The lowest BCUT2D eigenvalue weighted by Gasteiger charge is -2.20. The number of hydrogen-bond donors (Lipinski definition) is 0. The highest BCUT2D eigenvalue weighted by molar-refractivity contribution is 7.98. The molecule has 0 aliphatic heterocycles. The number of thioether (sulfide) groups is 1. The highest BCUT2D eigenvalue weighted by atomic mass is 35.5. The van der Waals surface area contributed by atoms with Crippen LogP contribution in [0, 0.1) is 22.7 Å². The van der Waals surface area contributed by atoms with E-state index in [4.69, 9.17) is 26.9 Å². The number of carbonyl (C=O) groups excluding carboxylic acids is 2. The first-order valence-corrected chi connectivity index (χ1v) is 10.6. The van der Waals surface area contributed by atoms with Gasteiger partial charge in [-0.05, 0) is 42.0 Å². The zero-order valence-electron chi connectivity index (χ0n) is 16.2. The van der Waals surface area contributed by atoms with Crippen LogP contribution in [0.2, 0.25) is 5.02 Å². The fourth-order valence-electron chi connectivity index (χ4n) is 2.47. The summed E-state index contributed by atoms with van der Waals surface area (Å²) in [5.74, 6) is -0.284. The Labute approximate surface area is 185 Å². The Bertz CT molecular complexity index is 916. The van der Waals surface area contributed by atoms with Gasteiger partial charge in [0.25, 0.3) is 5.91 Å². The number of nitriles is 2. The summed E-state index contributed by atoms with van der Waals surface area (Å²) in [6.45, 7) is -0.0209. The summed E-state index contributed by atoms with van der Waals surface area (Å²) in [4.78, 5) is 26.9. The lowest BCUT2D eigenvalue weighted by Crippen LogP contribution is -2.36. The van der Waals surface area contributed by atoms with Gasteiger partial charge in [-0.1, -0.05) is 23.7 Å². The molecule has 0 aliphatic rings. The molecule has 0 N–H and O–H groups in total. The van der Waals surface area contributed by atoms with Gasteiger partial charge in [0.05, 0.1) is 30.5 Å². The van der Waals surface area contributed by atoms with Gasteiger partial charge >= 0.3 is 5.97 Å². The first-order chi connectivity index (χ1) is 14.5. The van der Waals surface area contributed by atoms with Crippen LogP contribution >= 0.6 is 23.4 Å². The van der Waals surface area contributed by atoms with Gasteiger partial charge in [-0.25, -0.2) is 4.79 Å². The zero-order valence-corrected chi connectivity index (χ0v) is 17.8. The maximum Gasteiger partial charge on any atom is 0.338 e. The van der Waals surface area contributed by atoms with Gasteiger partial charge in [0, 0.05) is 28.8 Å². The van der Waals surface area contributed by atoms with E-state index in [1.165, 1.54) is 4.90 Å². The van der Waals surface area contributed by atoms with Crippen molar-refractivity contribution < 1.29 is 14.3 Å². The zero-order chi connectivity index (χ0) is 21.8. The van der Waals surface area contributed by atoms with Crippen molar-refractivity contribution in [3.63, 3.8) is 0 Å². The molecule has 0 bridgehead atoms. The van der Waals surface area contributed by atoms with Gasteiger partial charge < -0.3 is 9.64 Å². The number of rotatable bonds is 10. The van der Waals surface area contributed by atoms with Crippen molar-refractivity contribution in [2.24, 2.45) is 0 Å². The number of nitrogens with zero attached hydrogens (tertiary/aromatic N) is 3. The van der Waals surface area contributed by atoms with E-state index in [1.807, 2.05) is 48.5 Å². The van der Waals surface area contributed by atoms with E-state index in [-0.39, 0.29) is 25.9 Å². The van der Waals surface area contributed by atoms with Crippen molar-refractivity contribution in [2.45, 2.75) is 23.5 Å². The number of halogens is 1. The second-order valence-corrected chi connectivity index (χ2v) is 7.70. The lowest BCUT2D eigenvalue weighted by molar-refractivity contribution is -0.134. The van der Waals surface area contributed by atoms with Crippen molar-refractivity contribution in [3.8, 4) is 12.1 Å². The smallest absolute Gasteiger partial charge is 0.338 e. The summed E-state index contributed by atoms with van der Waals surface area (Å²) >= 11 is 7.54. The summed E-state index contributed by atoms with van der Waals surface area (Å²) in [5.41, 5.74) is 1.39. The molecule has 0 aliphatic carbocycles. The number of esters is 1. The lowest BCUT2D eigenvalue weighted by atomic mass is 10.1. The fraction of sp³-hybridized carbons (Fsp3) is 0.273. The number of ether oxygens (including phenoxy) is 1. The molecule has 0 radical (unpaired) electrons. The third-order valence-corrected chi connectivity index (χ3v) is 5.41. The predicted molar refractivity (Wildman–Crippen MR) is 115 cm³/mol. The molecule has 2 aromatic carbocycles. The molecular formula is C22H20ClN3O3S. The number of amides is 1. The Morgan fingerprint density at radius 2 is 1.57 bits per heavy atom. The van der Waals surface area contributed by atoms with Crippen molar-refractivity contribution in [1.82, 2.24) is 4.90 Å². The molecule has 0 fully saturated rings. The Kier molecular flexibility index (Phi) is 9.73. The minimum Gasteiger partial charge on any atom is -0.452 e. The molecule has 2 rings (SSSR count). The van der Waals surface area contributed by atoms with Crippen LogP contribution in [-0.2, 0) is 15.3 Å². The van der Waals surface area contributed by atoms with Crippen LogP contribution in [0.4, 0.5) is 0 Å². The van der Waals surface area contributed by atoms with Crippen LogP contribution in [0.15, 0.2) is 53.4 Å². The topological polar surface area (TPSA) is 94.2 Å². The van der Waals surface area contributed by atoms with E-state index in [0.29, 0.717) is 10.6 Å². The molecule has 0 atom stereocenters. The molecule has 8 heteroatoms. The normalized spacial score (nSPS) is 9.97. The van der Waals surface area contributed by atoms with Gasteiger partial charge in [0.1, 0.15) is 0 Å². The number of hydrogen-bond acceptors (Lipinski definition) is 6. The fourth-order valence-corrected chi connectivity index (χ4v) is 3.45. The summed E-state index contributed by atoms with van der Waals surface area (Å²) in [6.07, 6.45) is 0.307. The largest absolute Gasteiger partial charge is 0.452 e. The van der Waals surface area contributed by atoms with Crippen LogP contribution in [0.1, 0.15) is 28.8 Å². The van der Waals surface area contributed by atoms with Crippen LogP contribution in [0.5, 0.6) is 0 Å². The molecular weight excluding hydrogens is 422 g/mol. The maximum atomic E-state index is 12.2. The van der Waals surface area contributed by atoms with E-state index in [9.17, 15) is 9.59 Å². The molecule has 0 unspecified atom stereocenters. The Balaban J connectivity index is 1.84. The third-order valence-electron chi connectivity index (χ3n) is 4.08. The van der Waals surface area contributed by atoms with Crippen LogP contribution in [-0.4, -0.2) is 36.5 Å². The first-order valence-electron chi connectivity index (χ1n) is 9.19. The van der Waals surface area contributed by atoms with E-state index < -0.39 is 18.5 Å². The van der Waals surface area contributed by atoms with Gasteiger partial charge in [-0.3, -0.25) is 4.79 Å². The molecule has 0 saturated carbocycles. The molecule has 0 spiro atoms. The van der Waals surface area contributed by atoms with E-state index in [1.54, 1.807) is 23.9 Å². The molecule has 0 saturated heterocycles. The second-order valence-electron chi connectivity index (χ2n) is 6.21. The van der Waals surface area contributed by atoms with Crippen molar-refractivity contribution in [1.29, 1.82) is 10.5 Å². The highest BCUT2D eigenvalue weighted by Crippen LogP contribution is 2.24. The Hall–Kier alpha value is -3.00. The monoisotopic (exact) mass is 441 g/mol. The molecule has 6 nitrogen and oxygen atoms in total. The van der Waals surface area contributed by atoms with Gasteiger partial charge in [0.2, 0.25) is 0 Å². The minimum absolute atomic E-state index is 0.153. The third kappa shape index (κ3) is 7.79. The standard InChI is InChI=1S/C22H20ClN3O3S/c23-19-7-9-20(10-8-19)30-16-17-3-5-18(6-4-17)22(28)29-15-21(27)26(13-1-11-24)14-2-12-25/h3-10H,1-2,13-16H2. The molecule has 0 heterocycles. The Morgan fingerprint density at radius 3 is 2.13 bits per heavy atom. The summed E-state index contributed by atoms with van der Waals surface area (Å²) in [6, 6.07) is 18.5. The summed E-state index contributed by atoms with van der Waals surface area (Å²) in [5, 5.41) is 18.1. The van der Waals surface area contributed by atoms with Crippen molar-refractivity contribution >= 4 is 35.2 Å².